The summed E-state index contributed by atoms with van der Waals surface area (Å²) in [5.41, 5.74) is 2.89. The monoisotopic (exact) mass is 330 g/mol. The zero-order valence-electron chi connectivity index (χ0n) is 13.4. The molecule has 0 bridgehead atoms. The first-order chi connectivity index (χ1) is 9.16. The van der Waals surface area contributed by atoms with Crippen LogP contribution in [0.3, 0.4) is 0 Å². The molecule has 0 aliphatic heterocycles. The predicted molar refractivity (Wildman–Crippen MR) is 84.5 cm³/mol. The van der Waals surface area contributed by atoms with Crippen LogP contribution >= 0.6 is 7.82 Å². The smallest absolute Gasteiger partial charge is 0.482 e. The lowest BCUT2D eigenvalue weighted by molar-refractivity contribution is 0.275. The average molecular weight is 330 g/mol. The summed E-state index contributed by atoms with van der Waals surface area (Å²) in [5, 5.41) is 0. The van der Waals surface area contributed by atoms with Crippen LogP contribution in [0.4, 0.5) is 0 Å². The fraction of sp³-hybridized carbons (Fsp3) is 0.571. The van der Waals surface area contributed by atoms with Crippen molar-refractivity contribution < 1.29 is 23.0 Å². The molecule has 0 spiro atoms. The van der Waals surface area contributed by atoms with E-state index in [9.17, 15) is 0 Å². The van der Waals surface area contributed by atoms with Crippen molar-refractivity contribution in [1.82, 2.24) is 0 Å². The van der Waals surface area contributed by atoms with Gasteiger partial charge in [-0.15, -0.1) is 0 Å². The highest BCUT2D eigenvalue weighted by molar-refractivity contribution is 7.45. The summed E-state index contributed by atoms with van der Waals surface area (Å²) >= 11 is 2.33. The van der Waals surface area contributed by atoms with Gasteiger partial charge >= 0.3 is 24.4 Å². The van der Waals surface area contributed by atoms with Gasteiger partial charge < -0.3 is 18.5 Å². The fourth-order valence-corrected chi connectivity index (χ4v) is 1.89. The summed E-state index contributed by atoms with van der Waals surface area (Å²) < 4.78 is 14.2. The second-order valence-corrected chi connectivity index (χ2v) is 8.10. The van der Waals surface area contributed by atoms with Crippen LogP contribution in [0.2, 0.25) is 0 Å². The van der Waals surface area contributed by atoms with Crippen LogP contribution in [0.25, 0.3) is 0 Å². The molecule has 0 fully saturated rings. The highest BCUT2D eigenvalue weighted by Gasteiger charge is 2.22. The summed E-state index contributed by atoms with van der Waals surface area (Å²) in [6.07, 6.45) is 0. The number of hydrogen-bond acceptors (Lipinski definition) is 2. The first kappa shape index (κ1) is 20.7. The lowest BCUT2D eigenvalue weighted by Gasteiger charge is -2.27. The van der Waals surface area contributed by atoms with E-state index in [0.717, 1.165) is 5.75 Å². The van der Waals surface area contributed by atoms with Crippen LogP contribution in [0, 0.1) is 0 Å². The molecule has 0 aliphatic carbocycles. The van der Waals surface area contributed by atoms with Crippen molar-refractivity contribution >= 4 is 24.4 Å². The number of phosphoric acid groups is 1. The third-order valence-corrected chi connectivity index (χ3v) is 3.03. The maximum absolute atomic E-state index is 8.88. The Kier molecular flexibility index (Phi) is 7.17. The normalized spacial score (nSPS) is 12.4. The molecule has 0 unspecified atom stereocenters. The maximum atomic E-state index is 8.88. The van der Waals surface area contributed by atoms with Crippen LogP contribution in [0.15, 0.2) is 18.2 Å². The predicted octanol–water partition coefficient (Wildman–Crippen LogP) is 2.82. The van der Waals surface area contributed by atoms with Gasteiger partial charge in [-0.2, -0.15) is 0 Å². The Morgan fingerprint density at radius 2 is 1.43 bits per heavy atom. The zero-order chi connectivity index (χ0) is 17.1. The third-order valence-electron chi connectivity index (χ3n) is 2.78. The molecule has 0 aromatic heterocycles. The summed E-state index contributed by atoms with van der Waals surface area (Å²) in [6, 6.07) is 6.47. The van der Waals surface area contributed by atoms with Gasteiger partial charge in [0.15, 0.2) is 0 Å². The van der Waals surface area contributed by atoms with Crippen molar-refractivity contribution in [3.05, 3.63) is 29.3 Å². The quantitative estimate of drug-likeness (QED) is 0.544. The molecule has 3 N–H and O–H groups in total. The van der Waals surface area contributed by atoms with E-state index in [2.05, 4.69) is 76.4 Å². The number of hydrogen-bond donors (Lipinski definition) is 3. The molecule has 1 aromatic rings. The number of rotatable bonds is 1. The zero-order valence-corrected chi connectivity index (χ0v) is 15.5. The molecule has 1 aromatic carbocycles. The Balaban J connectivity index is 0.000000690. The molecule has 118 valence electrons. The summed E-state index contributed by atoms with van der Waals surface area (Å²) in [6.45, 7) is 13.3. The van der Waals surface area contributed by atoms with E-state index in [0.29, 0.717) is 0 Å². The van der Waals surface area contributed by atoms with Crippen molar-refractivity contribution in [3.63, 3.8) is 0 Å². The van der Waals surface area contributed by atoms with Crippen molar-refractivity contribution in [2.24, 2.45) is 0 Å². The van der Waals surface area contributed by atoms with Gasteiger partial charge in [0.2, 0.25) is 0 Å². The average Bonchev–Trinajstić information content (AvgIpc) is 2.23. The van der Waals surface area contributed by atoms with Crippen molar-refractivity contribution in [1.29, 1.82) is 0 Å². The minimum Gasteiger partial charge on any atom is -0.653 e. The topological polar surface area (TPSA) is 87.0 Å². The highest BCUT2D eigenvalue weighted by atomic mass is 31.2. The first-order valence-corrected chi connectivity index (χ1v) is 8.50. The highest BCUT2D eigenvalue weighted by Crippen LogP contribution is 2.35. The van der Waals surface area contributed by atoms with Gasteiger partial charge in [-0.1, -0.05) is 53.7 Å². The molecule has 0 atom stereocenters. The Hall–Kier alpha value is -0.338. The van der Waals surface area contributed by atoms with Gasteiger partial charge in [-0.3, -0.25) is 0 Å². The molecular weight excluding hydrogens is 306 g/mol. The molecule has 7 heteroatoms. The van der Waals surface area contributed by atoms with Crippen LogP contribution in [-0.2, 0) is 15.4 Å². The lowest BCUT2D eigenvalue weighted by Crippen LogP contribution is -2.17. The Morgan fingerprint density at radius 1 is 1.00 bits per heavy atom. The maximum Gasteiger partial charge on any atom is 0.482 e. The van der Waals surface area contributed by atoms with E-state index in [4.69, 9.17) is 23.0 Å². The summed E-state index contributed by atoms with van der Waals surface area (Å²) in [4.78, 5) is 21.6. The molecule has 0 saturated carbocycles. The van der Waals surface area contributed by atoms with Gasteiger partial charge in [0.1, 0.15) is 0 Å². The lowest BCUT2D eigenvalue weighted by atomic mass is 9.80. The molecule has 5 nitrogen and oxygen atoms in total. The molecule has 0 heterocycles. The van der Waals surface area contributed by atoms with Gasteiger partial charge in [0.05, 0.1) is 5.75 Å². The largest absolute Gasteiger partial charge is 0.653 e. The van der Waals surface area contributed by atoms with Crippen LogP contribution in [-0.4, -0.2) is 31.3 Å². The van der Waals surface area contributed by atoms with Crippen molar-refractivity contribution in [3.8, 4) is 5.75 Å². The van der Waals surface area contributed by atoms with E-state index in [1.807, 2.05) is 0 Å². The van der Waals surface area contributed by atoms with Crippen molar-refractivity contribution in [2.45, 2.75) is 52.4 Å². The standard InChI is InChI=1S/C14H22O.Al.H3O4P/c1-13(2,3)10-7-8-12(15)11(9-10)14(4,5)6;;1-5(2,3)4/h7-9,15H,1-6H3;;(H3,1,2,3,4)/q;+1;/p-1. The Labute approximate surface area is 135 Å². The second-order valence-electron chi connectivity index (χ2n) is 6.84. The minimum absolute atomic E-state index is 0.104. The van der Waals surface area contributed by atoms with E-state index >= 15 is 0 Å². The summed E-state index contributed by atoms with van der Waals surface area (Å²) in [5.74, 6) is 0.950. The van der Waals surface area contributed by atoms with E-state index in [1.54, 1.807) is 0 Å². The molecule has 2 radical (unpaired) electrons. The molecular formula is C14H24AlO5P. The van der Waals surface area contributed by atoms with Gasteiger partial charge in [-0.05, 0) is 28.0 Å². The minimum atomic E-state index is -4.64. The molecule has 0 saturated heterocycles. The molecule has 0 aliphatic rings. The van der Waals surface area contributed by atoms with Gasteiger partial charge in [0.25, 0.3) is 0 Å². The van der Waals surface area contributed by atoms with E-state index < -0.39 is 7.82 Å². The molecule has 0 amide bonds. The van der Waals surface area contributed by atoms with Gasteiger partial charge in [0, 0.05) is 0 Å². The first-order valence-electron chi connectivity index (χ1n) is 6.46. The van der Waals surface area contributed by atoms with Crippen molar-refractivity contribution in [2.75, 3.05) is 0 Å². The molecule has 1 rings (SSSR count). The van der Waals surface area contributed by atoms with Crippen LogP contribution in [0.1, 0.15) is 52.7 Å². The molecule has 21 heavy (non-hydrogen) atoms. The SMILES string of the molecule is CC(C)(C)c1ccc([O][Al])c(C(C)(C)C)c1.O=P(O)(O)O. The van der Waals surface area contributed by atoms with E-state index in [1.165, 1.54) is 11.1 Å². The Bertz CT molecular complexity index is 503. The van der Waals surface area contributed by atoms with Crippen LogP contribution < -0.4 is 3.79 Å². The number of benzene rings is 1. The Morgan fingerprint density at radius 3 is 1.71 bits per heavy atom. The summed E-state index contributed by atoms with van der Waals surface area (Å²) in [7, 11) is -4.64. The third kappa shape index (κ3) is 8.63. The second kappa shape index (κ2) is 7.28. The van der Waals surface area contributed by atoms with Crippen LogP contribution in [0.5, 0.6) is 5.75 Å². The van der Waals surface area contributed by atoms with Gasteiger partial charge in [-0.25, -0.2) is 4.57 Å². The van der Waals surface area contributed by atoms with E-state index in [-0.39, 0.29) is 10.8 Å². The fourth-order valence-electron chi connectivity index (χ4n) is 1.69.